The topological polar surface area (TPSA) is 20.3 Å². The van der Waals surface area contributed by atoms with Gasteiger partial charge in [-0.3, -0.25) is 4.79 Å². The SMILES string of the molecule is Cc1ccc(N(Cc2ccccc2)C(=O)c2ccc3ccccc3c2)cc1. The van der Waals surface area contributed by atoms with Gasteiger partial charge in [-0.15, -0.1) is 0 Å². The lowest BCUT2D eigenvalue weighted by molar-refractivity contribution is 0.0985. The van der Waals surface area contributed by atoms with Crippen molar-refractivity contribution in [2.24, 2.45) is 0 Å². The maximum atomic E-state index is 13.4. The van der Waals surface area contributed by atoms with Gasteiger partial charge in [0.05, 0.1) is 6.54 Å². The monoisotopic (exact) mass is 351 g/mol. The molecule has 0 atom stereocenters. The fourth-order valence-electron chi connectivity index (χ4n) is 3.25. The molecule has 0 unspecified atom stereocenters. The summed E-state index contributed by atoms with van der Waals surface area (Å²) in [5.41, 5.74) is 3.89. The highest BCUT2D eigenvalue weighted by atomic mass is 16.2. The molecule has 0 spiro atoms. The molecule has 4 rings (SSSR count). The molecule has 0 heterocycles. The number of carbonyl (C=O) groups excluding carboxylic acids is 1. The zero-order valence-corrected chi connectivity index (χ0v) is 15.3. The summed E-state index contributed by atoms with van der Waals surface area (Å²) in [5.74, 6) is 0.00783. The van der Waals surface area contributed by atoms with Crippen LogP contribution < -0.4 is 4.90 Å². The molecule has 0 aromatic heterocycles. The van der Waals surface area contributed by atoms with Crippen LogP contribution in [0.25, 0.3) is 10.8 Å². The van der Waals surface area contributed by atoms with Crippen LogP contribution in [0.5, 0.6) is 0 Å². The van der Waals surface area contributed by atoms with E-state index in [1.165, 1.54) is 5.56 Å². The standard InChI is InChI=1S/C25H21NO/c1-19-11-15-24(16-12-19)26(18-20-7-3-2-4-8-20)25(27)23-14-13-21-9-5-6-10-22(21)17-23/h2-17H,18H2,1H3. The van der Waals surface area contributed by atoms with Gasteiger partial charge in [0.2, 0.25) is 0 Å². The highest BCUT2D eigenvalue weighted by Gasteiger charge is 2.18. The summed E-state index contributed by atoms with van der Waals surface area (Å²) in [6.45, 7) is 2.59. The average Bonchev–Trinajstić information content (AvgIpc) is 2.73. The molecule has 132 valence electrons. The Labute approximate surface area is 159 Å². The Balaban J connectivity index is 1.73. The van der Waals surface area contributed by atoms with E-state index >= 15 is 0 Å². The molecule has 0 saturated carbocycles. The minimum atomic E-state index is 0.00783. The van der Waals surface area contributed by atoms with E-state index < -0.39 is 0 Å². The third-order valence-electron chi connectivity index (χ3n) is 4.77. The number of nitrogens with zero attached hydrogens (tertiary/aromatic N) is 1. The largest absolute Gasteiger partial charge is 0.304 e. The van der Waals surface area contributed by atoms with E-state index in [0.29, 0.717) is 12.1 Å². The number of amides is 1. The summed E-state index contributed by atoms with van der Waals surface area (Å²) in [4.78, 5) is 15.3. The molecule has 0 bridgehead atoms. The Morgan fingerprint density at radius 1 is 0.741 bits per heavy atom. The first-order valence-electron chi connectivity index (χ1n) is 9.12. The molecule has 2 nitrogen and oxygen atoms in total. The summed E-state index contributed by atoms with van der Waals surface area (Å²) < 4.78 is 0. The van der Waals surface area contributed by atoms with Gasteiger partial charge >= 0.3 is 0 Å². The lowest BCUT2D eigenvalue weighted by Crippen LogP contribution is -2.30. The first-order valence-corrected chi connectivity index (χ1v) is 9.12. The molecule has 4 aromatic carbocycles. The predicted octanol–water partition coefficient (Wildman–Crippen LogP) is 6.00. The number of carbonyl (C=O) groups is 1. The molecule has 2 heteroatoms. The van der Waals surface area contributed by atoms with E-state index in [4.69, 9.17) is 0 Å². The van der Waals surface area contributed by atoms with Gasteiger partial charge in [0.1, 0.15) is 0 Å². The molecule has 0 fully saturated rings. The van der Waals surface area contributed by atoms with Gasteiger partial charge in [0.15, 0.2) is 0 Å². The van der Waals surface area contributed by atoms with Crippen molar-refractivity contribution in [3.05, 3.63) is 114 Å². The maximum absolute atomic E-state index is 13.4. The number of aryl methyl sites for hydroxylation is 1. The lowest BCUT2D eigenvalue weighted by Gasteiger charge is -2.23. The van der Waals surface area contributed by atoms with Crippen molar-refractivity contribution in [2.45, 2.75) is 13.5 Å². The van der Waals surface area contributed by atoms with E-state index in [1.807, 2.05) is 83.8 Å². The molecule has 27 heavy (non-hydrogen) atoms. The van der Waals surface area contributed by atoms with Gasteiger partial charge in [-0.1, -0.05) is 78.4 Å². The Hall–Kier alpha value is -3.39. The van der Waals surface area contributed by atoms with Crippen molar-refractivity contribution in [1.29, 1.82) is 0 Å². The summed E-state index contributed by atoms with van der Waals surface area (Å²) >= 11 is 0. The molecular weight excluding hydrogens is 330 g/mol. The number of hydrogen-bond acceptors (Lipinski definition) is 1. The Kier molecular flexibility index (Phi) is 4.71. The summed E-state index contributed by atoms with van der Waals surface area (Å²) in [5, 5.41) is 2.21. The third kappa shape index (κ3) is 3.75. The Morgan fingerprint density at radius 3 is 2.15 bits per heavy atom. The van der Waals surface area contributed by atoms with E-state index in [-0.39, 0.29) is 5.91 Å². The normalized spacial score (nSPS) is 10.7. The average molecular weight is 351 g/mol. The Bertz CT molecular complexity index is 1070. The van der Waals surface area contributed by atoms with Crippen LogP contribution in [-0.4, -0.2) is 5.91 Å². The van der Waals surface area contributed by atoms with Gasteiger partial charge in [-0.2, -0.15) is 0 Å². The van der Waals surface area contributed by atoms with Gasteiger partial charge in [0.25, 0.3) is 5.91 Å². The van der Waals surface area contributed by atoms with E-state index in [9.17, 15) is 4.79 Å². The van der Waals surface area contributed by atoms with Crippen molar-refractivity contribution in [3.8, 4) is 0 Å². The van der Waals surface area contributed by atoms with Crippen molar-refractivity contribution >= 4 is 22.4 Å². The van der Waals surface area contributed by atoms with Gasteiger partial charge < -0.3 is 4.90 Å². The number of rotatable bonds is 4. The molecular formula is C25H21NO. The van der Waals surface area contributed by atoms with Crippen molar-refractivity contribution < 1.29 is 4.79 Å². The summed E-state index contributed by atoms with van der Waals surface area (Å²) in [7, 11) is 0. The number of fused-ring (bicyclic) bond motifs is 1. The predicted molar refractivity (Wildman–Crippen MR) is 112 cm³/mol. The van der Waals surface area contributed by atoms with Crippen LogP contribution in [0.15, 0.2) is 97.1 Å². The summed E-state index contributed by atoms with van der Waals surface area (Å²) in [6, 6.07) is 32.2. The highest BCUT2D eigenvalue weighted by molar-refractivity contribution is 6.08. The van der Waals surface area contributed by atoms with Crippen LogP contribution in [0.3, 0.4) is 0 Å². The molecule has 0 aliphatic heterocycles. The number of benzene rings is 4. The van der Waals surface area contributed by atoms with Crippen molar-refractivity contribution in [2.75, 3.05) is 4.90 Å². The molecule has 4 aromatic rings. The first-order chi connectivity index (χ1) is 13.2. The lowest BCUT2D eigenvalue weighted by atomic mass is 10.1. The Morgan fingerprint density at radius 2 is 1.41 bits per heavy atom. The van der Waals surface area contributed by atoms with E-state index in [0.717, 1.165) is 22.0 Å². The molecule has 0 aliphatic rings. The molecule has 0 N–H and O–H groups in total. The van der Waals surface area contributed by atoms with Crippen LogP contribution in [0.4, 0.5) is 5.69 Å². The second-order valence-corrected chi connectivity index (χ2v) is 6.77. The van der Waals surface area contributed by atoms with E-state index in [2.05, 4.69) is 25.1 Å². The second-order valence-electron chi connectivity index (χ2n) is 6.77. The van der Waals surface area contributed by atoms with Gasteiger partial charge in [-0.25, -0.2) is 0 Å². The zero-order valence-electron chi connectivity index (χ0n) is 15.3. The molecule has 0 aliphatic carbocycles. The number of anilines is 1. The zero-order chi connectivity index (χ0) is 18.6. The maximum Gasteiger partial charge on any atom is 0.258 e. The molecule has 0 saturated heterocycles. The first kappa shape index (κ1) is 17.0. The van der Waals surface area contributed by atoms with Crippen molar-refractivity contribution in [1.82, 2.24) is 0 Å². The van der Waals surface area contributed by atoms with Crippen molar-refractivity contribution in [3.63, 3.8) is 0 Å². The highest BCUT2D eigenvalue weighted by Crippen LogP contribution is 2.23. The van der Waals surface area contributed by atoms with E-state index in [1.54, 1.807) is 0 Å². The second kappa shape index (κ2) is 7.46. The smallest absolute Gasteiger partial charge is 0.258 e. The molecule has 1 amide bonds. The summed E-state index contributed by atoms with van der Waals surface area (Å²) in [6.07, 6.45) is 0. The van der Waals surface area contributed by atoms with Crippen LogP contribution in [0.1, 0.15) is 21.5 Å². The third-order valence-corrected chi connectivity index (χ3v) is 4.77. The van der Waals surface area contributed by atoms with Crippen LogP contribution >= 0.6 is 0 Å². The van der Waals surface area contributed by atoms with Gasteiger partial charge in [-0.05, 0) is 47.5 Å². The van der Waals surface area contributed by atoms with Gasteiger partial charge in [0, 0.05) is 11.3 Å². The fraction of sp³-hybridized carbons (Fsp3) is 0.0800. The number of hydrogen-bond donors (Lipinski definition) is 0. The molecule has 0 radical (unpaired) electrons. The van der Waals surface area contributed by atoms with Crippen LogP contribution in [0.2, 0.25) is 0 Å². The van der Waals surface area contributed by atoms with Crippen LogP contribution in [0, 0.1) is 6.92 Å². The fourth-order valence-corrected chi connectivity index (χ4v) is 3.25. The van der Waals surface area contributed by atoms with Crippen LogP contribution in [-0.2, 0) is 6.54 Å². The minimum absolute atomic E-state index is 0.00783. The quantitative estimate of drug-likeness (QED) is 0.442. The minimum Gasteiger partial charge on any atom is -0.304 e.